The van der Waals surface area contributed by atoms with Crippen LogP contribution in [-0.2, 0) is 14.0 Å². The fourth-order valence-corrected chi connectivity index (χ4v) is 4.18. The summed E-state index contributed by atoms with van der Waals surface area (Å²) in [7, 11) is 10.8. The molecular formula is C39H45Cl4N10O4P. The maximum atomic E-state index is 11.1. The average Bonchev–Trinajstić information content (AvgIpc) is 3.18. The molecule has 0 aliphatic heterocycles. The summed E-state index contributed by atoms with van der Waals surface area (Å²) in [5.41, 5.74) is 4.27. The van der Waals surface area contributed by atoms with Crippen LogP contribution in [0.1, 0.15) is 29.9 Å². The number of hydrogen-bond acceptors (Lipinski definition) is 13. The second-order valence-corrected chi connectivity index (χ2v) is 18.1. The minimum absolute atomic E-state index is 0. The number of ether oxygens (including phenoxy) is 2. The molecule has 0 radical (unpaired) electrons. The minimum atomic E-state index is -3.22. The van der Waals surface area contributed by atoms with Crippen molar-refractivity contribution in [2.24, 2.45) is 0 Å². The molecule has 58 heavy (non-hydrogen) atoms. The standard InChI is InChI=1S/C10H11N3.C8H5ClN2.C8H6N2O.C7H6N2.C5H13NO2.CH4.Cl3OP/c1-13(2)7-5-10-9(8-11)4-3-6-12-10;9-8-6-2-1-4-10-7(6)3-5-11-8;11-8-6-2-1-4-9-7(6)3-5-10-8;1-6-7(5-8)3-2-4-9-6;1-6(2)5(7-3)8-4;;1-5(2,3)4/h3-7H,1-2H3;1-5H;1-5H,(H,10,11);2-4H,1H3;5H,1-4H3;1H4;/b7-5-;;;;;;. The predicted molar refractivity (Wildman–Crippen MR) is 236 cm³/mol. The molecule has 0 unspecified atom stereocenters. The van der Waals surface area contributed by atoms with E-state index in [-0.39, 0.29) is 19.4 Å². The lowest BCUT2D eigenvalue weighted by atomic mass is 10.2. The molecule has 0 saturated heterocycles. The normalized spacial score (nSPS) is 9.98. The maximum Gasteiger partial charge on any atom is 0.339 e. The number of methoxy groups -OCH3 is 2. The average molecular weight is 891 g/mol. The van der Waals surface area contributed by atoms with Crippen LogP contribution in [0.4, 0.5) is 0 Å². The Labute approximate surface area is 358 Å². The number of nitrogens with zero attached hydrogens (tertiary/aromatic N) is 9. The van der Waals surface area contributed by atoms with Gasteiger partial charge in [-0.25, -0.2) is 4.98 Å². The number of aryl methyl sites for hydroxylation is 1. The van der Waals surface area contributed by atoms with E-state index >= 15 is 0 Å². The maximum absolute atomic E-state index is 11.1. The van der Waals surface area contributed by atoms with Crippen LogP contribution in [0.3, 0.4) is 0 Å². The van der Waals surface area contributed by atoms with Crippen LogP contribution >= 0.6 is 50.5 Å². The predicted octanol–water partition coefficient (Wildman–Crippen LogP) is 9.52. The first-order valence-corrected chi connectivity index (χ1v) is 21.1. The second-order valence-electron chi connectivity index (χ2n) is 11.1. The number of nitriles is 2. The molecule has 14 nitrogen and oxygen atoms in total. The van der Waals surface area contributed by atoms with Gasteiger partial charge in [-0.3, -0.25) is 34.2 Å². The van der Waals surface area contributed by atoms with E-state index < -0.39 is 5.20 Å². The highest BCUT2D eigenvalue weighted by molar-refractivity contribution is 8.24. The van der Waals surface area contributed by atoms with Crippen molar-refractivity contribution < 1.29 is 14.0 Å². The number of aromatic amines is 1. The molecular weight excluding hydrogens is 845 g/mol. The first-order chi connectivity index (χ1) is 27.1. The molecule has 6 aromatic rings. The molecule has 0 bridgehead atoms. The van der Waals surface area contributed by atoms with Crippen LogP contribution in [0.2, 0.25) is 5.15 Å². The summed E-state index contributed by atoms with van der Waals surface area (Å²) in [5, 5.41) is 16.0. The molecule has 1 N–H and O–H groups in total. The van der Waals surface area contributed by atoms with Gasteiger partial charge in [0.15, 0.2) is 0 Å². The number of hydrogen-bond donors (Lipinski definition) is 1. The van der Waals surface area contributed by atoms with Gasteiger partial charge in [-0.1, -0.05) is 19.0 Å². The van der Waals surface area contributed by atoms with Gasteiger partial charge in [0.05, 0.1) is 38.9 Å². The van der Waals surface area contributed by atoms with Gasteiger partial charge in [0.2, 0.25) is 6.41 Å². The lowest BCUT2D eigenvalue weighted by Gasteiger charge is -2.19. The fraction of sp³-hybridized carbons (Fsp3) is 0.231. The van der Waals surface area contributed by atoms with E-state index in [0.29, 0.717) is 27.4 Å². The van der Waals surface area contributed by atoms with Crippen molar-refractivity contribution in [3.8, 4) is 12.1 Å². The van der Waals surface area contributed by atoms with Crippen LogP contribution in [0.15, 0.2) is 109 Å². The van der Waals surface area contributed by atoms with E-state index in [0.717, 1.165) is 22.1 Å². The Morgan fingerprint density at radius 1 is 0.759 bits per heavy atom. The molecule has 6 heterocycles. The monoisotopic (exact) mass is 888 g/mol. The topological polar surface area (TPSA) is 187 Å². The summed E-state index contributed by atoms with van der Waals surface area (Å²) in [6.07, 6.45) is 13.5. The number of halogens is 4. The smallest absolute Gasteiger partial charge is 0.339 e. The first-order valence-electron chi connectivity index (χ1n) is 16.3. The van der Waals surface area contributed by atoms with Gasteiger partial charge < -0.3 is 19.4 Å². The zero-order chi connectivity index (χ0) is 42.8. The molecule has 308 valence electrons. The number of pyridine rings is 6. The van der Waals surface area contributed by atoms with Gasteiger partial charge in [-0.15, -0.1) is 0 Å². The van der Waals surface area contributed by atoms with E-state index in [1.54, 1.807) is 93.9 Å². The Morgan fingerprint density at radius 3 is 1.71 bits per heavy atom. The molecule has 0 aliphatic carbocycles. The van der Waals surface area contributed by atoms with Crippen LogP contribution in [-0.4, -0.2) is 88.5 Å². The Kier molecular flexibility index (Phi) is 26.7. The third-order valence-electron chi connectivity index (χ3n) is 6.46. The highest BCUT2D eigenvalue weighted by Gasteiger charge is 2.05. The van der Waals surface area contributed by atoms with Crippen molar-refractivity contribution >= 4 is 78.4 Å². The summed E-state index contributed by atoms with van der Waals surface area (Å²) in [4.78, 5) is 37.5. The number of nitrogens with one attached hydrogen (secondary N) is 1. The van der Waals surface area contributed by atoms with Gasteiger partial charge in [-0.05, 0) is 121 Å². The molecule has 0 aromatic carbocycles. The van der Waals surface area contributed by atoms with Gasteiger partial charge in [0, 0.05) is 77.1 Å². The van der Waals surface area contributed by atoms with Crippen molar-refractivity contribution in [2.75, 3.05) is 42.4 Å². The summed E-state index contributed by atoms with van der Waals surface area (Å²) < 4.78 is 19.2. The molecule has 19 heteroatoms. The zero-order valence-electron chi connectivity index (χ0n) is 32.1. The molecule has 0 aliphatic rings. The molecule has 6 aromatic heterocycles. The van der Waals surface area contributed by atoms with E-state index in [2.05, 4.69) is 69.7 Å². The lowest BCUT2D eigenvalue weighted by molar-refractivity contribution is -0.179. The Balaban J connectivity index is 0.000000683. The number of H-pyrrole nitrogens is 1. The summed E-state index contributed by atoms with van der Waals surface area (Å²) in [5.74, 6) is 0. The van der Waals surface area contributed by atoms with Gasteiger partial charge in [-0.2, -0.15) is 10.5 Å². The van der Waals surface area contributed by atoms with E-state index in [4.69, 9.17) is 31.6 Å². The van der Waals surface area contributed by atoms with Gasteiger partial charge in [0.1, 0.15) is 17.3 Å². The third kappa shape index (κ3) is 22.1. The van der Waals surface area contributed by atoms with Crippen molar-refractivity contribution in [1.82, 2.24) is 39.7 Å². The highest BCUT2D eigenvalue weighted by atomic mass is 36.0. The highest BCUT2D eigenvalue weighted by Crippen LogP contribution is 2.61. The fourth-order valence-electron chi connectivity index (χ4n) is 3.97. The largest absolute Gasteiger partial charge is 0.383 e. The zero-order valence-corrected chi connectivity index (χ0v) is 36.0. The van der Waals surface area contributed by atoms with Crippen LogP contribution < -0.4 is 5.56 Å². The minimum Gasteiger partial charge on any atom is -0.383 e. The van der Waals surface area contributed by atoms with Crippen LogP contribution in [0, 0.1) is 29.6 Å². The molecule has 0 saturated carbocycles. The van der Waals surface area contributed by atoms with E-state index in [1.807, 2.05) is 81.5 Å². The Bertz CT molecular complexity index is 2310. The SMILES string of the molecule is C.CN(C)/C=C\c1ncccc1C#N.COC(OC)N(C)C.Cc1ncccc1C#N.Clc1nccc2ncccc12.O=P(Cl)(Cl)Cl.O=c1[nH]ccc2ncccc12. The van der Waals surface area contributed by atoms with Gasteiger partial charge >= 0.3 is 5.20 Å². The van der Waals surface area contributed by atoms with Crippen molar-refractivity contribution in [2.45, 2.75) is 20.8 Å². The molecule has 6 rings (SSSR count). The van der Waals surface area contributed by atoms with Crippen molar-refractivity contribution in [3.05, 3.63) is 142 Å². The van der Waals surface area contributed by atoms with E-state index in [1.165, 1.54) is 0 Å². The van der Waals surface area contributed by atoms with Crippen LogP contribution in [0.5, 0.6) is 0 Å². The summed E-state index contributed by atoms with van der Waals surface area (Å²) >= 11 is 19.7. The lowest BCUT2D eigenvalue weighted by Crippen LogP contribution is -2.30. The number of aromatic nitrogens is 6. The quantitative estimate of drug-likeness (QED) is 0.0981. The molecule has 0 amide bonds. The summed E-state index contributed by atoms with van der Waals surface area (Å²) in [6, 6.07) is 22.0. The molecule has 0 atom stereocenters. The first kappa shape index (κ1) is 53.0. The van der Waals surface area contributed by atoms with Crippen molar-refractivity contribution in [3.63, 3.8) is 0 Å². The van der Waals surface area contributed by atoms with E-state index in [9.17, 15) is 9.36 Å². The molecule has 0 spiro atoms. The van der Waals surface area contributed by atoms with Crippen molar-refractivity contribution in [1.29, 1.82) is 10.5 Å². The molecule has 0 fully saturated rings. The third-order valence-corrected chi connectivity index (χ3v) is 6.76. The second kappa shape index (κ2) is 29.3. The number of fused-ring (bicyclic) bond motifs is 2. The Morgan fingerprint density at radius 2 is 1.26 bits per heavy atom. The Hall–Kier alpha value is -4.99. The number of rotatable bonds is 5. The summed E-state index contributed by atoms with van der Waals surface area (Å²) in [6.45, 7) is 1.82. The van der Waals surface area contributed by atoms with Crippen LogP contribution in [0.25, 0.3) is 27.9 Å². The van der Waals surface area contributed by atoms with Gasteiger partial charge in [0.25, 0.3) is 5.56 Å².